The van der Waals surface area contributed by atoms with Crippen LogP contribution < -0.4 is 5.32 Å². The predicted molar refractivity (Wildman–Crippen MR) is 83.8 cm³/mol. The van der Waals surface area contributed by atoms with Gasteiger partial charge < -0.3 is 10.1 Å². The third-order valence-corrected chi connectivity index (χ3v) is 3.97. The Morgan fingerprint density at radius 1 is 1.20 bits per heavy atom. The predicted octanol–water partition coefficient (Wildman–Crippen LogP) is 4.24. The van der Waals surface area contributed by atoms with Crippen LogP contribution in [0.1, 0.15) is 52.1 Å². The van der Waals surface area contributed by atoms with Gasteiger partial charge in [0.2, 0.25) is 0 Å². The fourth-order valence-electron chi connectivity index (χ4n) is 3.12. The summed E-state index contributed by atoms with van der Waals surface area (Å²) in [6.45, 7) is 8.42. The molecular weight excluding hydrogens is 248 g/mol. The maximum absolute atomic E-state index is 6.08. The largest absolute Gasteiger partial charge is 0.372 e. The van der Waals surface area contributed by atoms with Crippen molar-refractivity contribution in [3.05, 3.63) is 23.9 Å². The number of nitrogens with zero attached hydrogens (tertiary/aromatic N) is 1. The molecule has 1 aliphatic carbocycles. The standard InChI is InChI=1S/C17H28N2O/c1-4-8-18-17-7-5-6-15(19-17)12-20-16-10-13(2)9-14(3)11-16/h5-7,13-14,16H,4,8-12H2,1-3H3,(H,18,19). The van der Waals surface area contributed by atoms with Crippen molar-refractivity contribution in [2.45, 2.75) is 59.2 Å². The van der Waals surface area contributed by atoms with Crippen LogP contribution in [0.5, 0.6) is 0 Å². The zero-order chi connectivity index (χ0) is 14.4. The van der Waals surface area contributed by atoms with Crippen molar-refractivity contribution < 1.29 is 4.74 Å². The number of hydrogen-bond donors (Lipinski definition) is 1. The van der Waals surface area contributed by atoms with Gasteiger partial charge in [0.05, 0.1) is 18.4 Å². The van der Waals surface area contributed by atoms with Crippen molar-refractivity contribution in [2.75, 3.05) is 11.9 Å². The van der Waals surface area contributed by atoms with Crippen molar-refractivity contribution in [1.82, 2.24) is 4.98 Å². The number of nitrogens with one attached hydrogen (secondary N) is 1. The van der Waals surface area contributed by atoms with E-state index < -0.39 is 0 Å². The van der Waals surface area contributed by atoms with E-state index in [1.165, 1.54) is 19.3 Å². The zero-order valence-corrected chi connectivity index (χ0v) is 13.1. The molecule has 1 aromatic heterocycles. The van der Waals surface area contributed by atoms with Crippen molar-refractivity contribution in [2.24, 2.45) is 11.8 Å². The van der Waals surface area contributed by atoms with Gasteiger partial charge in [0.25, 0.3) is 0 Å². The summed E-state index contributed by atoms with van der Waals surface area (Å²) in [5, 5.41) is 3.32. The Balaban J connectivity index is 1.84. The first-order valence-corrected chi connectivity index (χ1v) is 7.98. The molecule has 2 atom stereocenters. The minimum Gasteiger partial charge on any atom is -0.372 e. The Morgan fingerprint density at radius 3 is 2.65 bits per heavy atom. The quantitative estimate of drug-likeness (QED) is 0.843. The highest BCUT2D eigenvalue weighted by Gasteiger charge is 2.24. The lowest BCUT2D eigenvalue weighted by molar-refractivity contribution is -0.0104. The van der Waals surface area contributed by atoms with Crippen LogP contribution in [-0.2, 0) is 11.3 Å². The van der Waals surface area contributed by atoms with Crippen LogP contribution in [0.2, 0.25) is 0 Å². The molecular formula is C17H28N2O. The highest BCUT2D eigenvalue weighted by atomic mass is 16.5. The summed E-state index contributed by atoms with van der Waals surface area (Å²) in [4.78, 5) is 4.60. The summed E-state index contributed by atoms with van der Waals surface area (Å²) >= 11 is 0. The van der Waals surface area contributed by atoms with E-state index in [1.54, 1.807) is 0 Å². The van der Waals surface area contributed by atoms with Gasteiger partial charge in [-0.05, 0) is 49.7 Å². The molecule has 3 heteroatoms. The molecule has 1 aliphatic rings. The summed E-state index contributed by atoms with van der Waals surface area (Å²) in [5.41, 5.74) is 1.02. The van der Waals surface area contributed by atoms with E-state index in [4.69, 9.17) is 4.74 Å². The maximum Gasteiger partial charge on any atom is 0.126 e. The highest BCUT2D eigenvalue weighted by Crippen LogP contribution is 2.30. The van der Waals surface area contributed by atoms with Crippen LogP contribution in [-0.4, -0.2) is 17.6 Å². The third kappa shape index (κ3) is 4.78. The van der Waals surface area contributed by atoms with E-state index in [0.29, 0.717) is 12.7 Å². The summed E-state index contributed by atoms with van der Waals surface area (Å²) in [7, 11) is 0. The molecule has 1 aromatic rings. The lowest BCUT2D eigenvalue weighted by Crippen LogP contribution is -2.26. The topological polar surface area (TPSA) is 34.1 Å². The highest BCUT2D eigenvalue weighted by molar-refractivity contribution is 5.34. The van der Waals surface area contributed by atoms with Gasteiger partial charge >= 0.3 is 0 Å². The summed E-state index contributed by atoms with van der Waals surface area (Å²) in [5.74, 6) is 2.53. The monoisotopic (exact) mass is 276 g/mol. The van der Waals surface area contributed by atoms with E-state index in [-0.39, 0.29) is 0 Å². The molecule has 2 rings (SSSR count). The van der Waals surface area contributed by atoms with Gasteiger partial charge in [-0.3, -0.25) is 0 Å². The van der Waals surface area contributed by atoms with Crippen LogP contribution in [0.25, 0.3) is 0 Å². The summed E-state index contributed by atoms with van der Waals surface area (Å²) in [6, 6.07) is 6.12. The Bertz CT molecular complexity index is 398. The SMILES string of the molecule is CCCNc1cccc(COC2CC(C)CC(C)C2)n1. The summed E-state index contributed by atoms with van der Waals surface area (Å²) in [6.07, 6.45) is 5.24. The first kappa shape index (κ1) is 15.3. The van der Waals surface area contributed by atoms with Crippen LogP contribution in [0.3, 0.4) is 0 Å². The van der Waals surface area contributed by atoms with E-state index >= 15 is 0 Å². The van der Waals surface area contributed by atoms with Gasteiger partial charge in [-0.1, -0.05) is 26.8 Å². The van der Waals surface area contributed by atoms with Gasteiger partial charge in [-0.15, -0.1) is 0 Å². The van der Waals surface area contributed by atoms with E-state index in [1.807, 2.05) is 12.1 Å². The lowest BCUT2D eigenvalue weighted by atomic mass is 9.82. The maximum atomic E-state index is 6.08. The Labute approximate surface area is 123 Å². The second kappa shape index (κ2) is 7.63. The van der Waals surface area contributed by atoms with Crippen LogP contribution >= 0.6 is 0 Å². The van der Waals surface area contributed by atoms with Gasteiger partial charge in [-0.25, -0.2) is 4.98 Å². The van der Waals surface area contributed by atoms with Crippen molar-refractivity contribution in [1.29, 1.82) is 0 Å². The van der Waals surface area contributed by atoms with Gasteiger partial charge in [0.15, 0.2) is 0 Å². The molecule has 0 aliphatic heterocycles. The van der Waals surface area contributed by atoms with E-state index in [0.717, 1.165) is 36.3 Å². The Morgan fingerprint density at radius 2 is 1.95 bits per heavy atom. The molecule has 0 aromatic carbocycles. The number of pyridine rings is 1. The minimum absolute atomic E-state index is 0.405. The molecule has 2 unspecified atom stereocenters. The first-order chi connectivity index (χ1) is 9.67. The minimum atomic E-state index is 0.405. The average Bonchev–Trinajstić information content (AvgIpc) is 2.42. The molecule has 0 bridgehead atoms. The smallest absolute Gasteiger partial charge is 0.126 e. The lowest BCUT2D eigenvalue weighted by Gasteiger charge is -2.31. The van der Waals surface area contributed by atoms with E-state index in [9.17, 15) is 0 Å². The molecule has 1 saturated carbocycles. The number of anilines is 1. The number of aromatic nitrogens is 1. The third-order valence-electron chi connectivity index (χ3n) is 3.97. The number of ether oxygens (including phenoxy) is 1. The van der Waals surface area contributed by atoms with Crippen LogP contribution in [0, 0.1) is 11.8 Å². The van der Waals surface area contributed by atoms with Crippen LogP contribution in [0.15, 0.2) is 18.2 Å². The van der Waals surface area contributed by atoms with Crippen molar-refractivity contribution >= 4 is 5.82 Å². The fraction of sp³-hybridized carbons (Fsp3) is 0.706. The Kier molecular flexibility index (Phi) is 5.84. The fourth-order valence-corrected chi connectivity index (χ4v) is 3.12. The molecule has 112 valence electrons. The number of rotatable bonds is 6. The number of hydrogen-bond acceptors (Lipinski definition) is 3. The molecule has 0 saturated heterocycles. The van der Waals surface area contributed by atoms with Gasteiger partial charge in [0, 0.05) is 6.54 Å². The summed E-state index contributed by atoms with van der Waals surface area (Å²) < 4.78 is 6.08. The molecule has 0 amide bonds. The molecule has 1 heterocycles. The van der Waals surface area contributed by atoms with E-state index in [2.05, 4.69) is 37.1 Å². The normalized spacial score (nSPS) is 26.4. The molecule has 0 radical (unpaired) electrons. The zero-order valence-electron chi connectivity index (χ0n) is 13.1. The second-order valence-electron chi connectivity index (χ2n) is 6.29. The van der Waals surface area contributed by atoms with Crippen molar-refractivity contribution in [3.8, 4) is 0 Å². The first-order valence-electron chi connectivity index (χ1n) is 7.98. The van der Waals surface area contributed by atoms with Gasteiger partial charge in [-0.2, -0.15) is 0 Å². The van der Waals surface area contributed by atoms with Crippen LogP contribution in [0.4, 0.5) is 5.82 Å². The van der Waals surface area contributed by atoms with Gasteiger partial charge in [0.1, 0.15) is 5.82 Å². The molecule has 20 heavy (non-hydrogen) atoms. The second-order valence-corrected chi connectivity index (χ2v) is 6.29. The molecule has 1 N–H and O–H groups in total. The average molecular weight is 276 g/mol. The molecule has 0 spiro atoms. The molecule has 1 fully saturated rings. The van der Waals surface area contributed by atoms with Crippen molar-refractivity contribution in [3.63, 3.8) is 0 Å². The Hall–Kier alpha value is -1.09. The molecule has 3 nitrogen and oxygen atoms in total.